The van der Waals surface area contributed by atoms with Gasteiger partial charge in [0.25, 0.3) is 5.69 Å². The highest BCUT2D eigenvalue weighted by Gasteiger charge is 2.13. The third-order valence-electron chi connectivity index (χ3n) is 2.70. The zero-order valence-corrected chi connectivity index (χ0v) is 10.3. The van der Waals surface area contributed by atoms with E-state index in [4.69, 9.17) is 0 Å². The number of nitrogens with zero attached hydrogens (tertiary/aromatic N) is 1. The molecule has 2 N–H and O–H groups in total. The number of phenolic OH excluding ortho intramolecular Hbond substituents is 1. The maximum atomic E-state index is 11.6. The number of carbonyl (C=O) groups excluding carboxylic acids is 1. The lowest BCUT2D eigenvalue weighted by molar-refractivity contribution is -0.384. The van der Waals surface area contributed by atoms with Crippen LogP contribution < -0.4 is 5.32 Å². The Morgan fingerprint density at radius 3 is 2.72 bits per heavy atom. The van der Waals surface area contributed by atoms with Crippen molar-refractivity contribution >= 4 is 17.3 Å². The molecule has 0 aliphatic rings. The maximum Gasteiger partial charge on any atom is 0.273 e. The lowest BCUT2D eigenvalue weighted by Gasteiger charge is -2.10. The molecule has 1 rings (SSSR count). The highest BCUT2D eigenvalue weighted by molar-refractivity contribution is 5.92. The maximum absolute atomic E-state index is 11.6. The molecule has 6 heteroatoms. The van der Waals surface area contributed by atoms with Gasteiger partial charge in [-0.3, -0.25) is 14.9 Å². The van der Waals surface area contributed by atoms with Crippen LogP contribution in [-0.4, -0.2) is 15.9 Å². The van der Waals surface area contributed by atoms with Crippen molar-refractivity contribution < 1.29 is 14.8 Å². The number of amides is 1. The molecule has 1 atom stereocenters. The number of aromatic hydroxyl groups is 1. The van der Waals surface area contributed by atoms with Crippen molar-refractivity contribution in [1.82, 2.24) is 0 Å². The summed E-state index contributed by atoms with van der Waals surface area (Å²) in [6, 6.07) is 3.57. The number of benzene rings is 1. The Bertz CT molecular complexity index is 459. The number of carbonyl (C=O) groups is 1. The van der Waals surface area contributed by atoms with Gasteiger partial charge in [0.2, 0.25) is 5.91 Å². The zero-order valence-electron chi connectivity index (χ0n) is 10.3. The predicted molar refractivity (Wildman–Crippen MR) is 67.5 cm³/mol. The van der Waals surface area contributed by atoms with Gasteiger partial charge in [-0.05, 0) is 12.0 Å². The first-order chi connectivity index (χ1) is 8.43. The van der Waals surface area contributed by atoms with E-state index in [-0.39, 0.29) is 28.9 Å². The van der Waals surface area contributed by atoms with Gasteiger partial charge in [0.1, 0.15) is 5.75 Å². The van der Waals surface area contributed by atoms with E-state index in [1.54, 1.807) is 0 Å². The van der Waals surface area contributed by atoms with Crippen LogP contribution in [-0.2, 0) is 4.79 Å². The Morgan fingerprint density at radius 1 is 1.56 bits per heavy atom. The second-order valence-electron chi connectivity index (χ2n) is 4.22. The Morgan fingerprint density at radius 2 is 2.22 bits per heavy atom. The molecule has 0 saturated heterocycles. The third kappa shape index (κ3) is 3.73. The normalized spacial score (nSPS) is 11.9. The molecule has 0 radical (unpaired) electrons. The van der Waals surface area contributed by atoms with Gasteiger partial charge in [-0.2, -0.15) is 0 Å². The van der Waals surface area contributed by atoms with Crippen molar-refractivity contribution in [2.45, 2.75) is 26.7 Å². The van der Waals surface area contributed by atoms with Crippen LogP contribution in [0.1, 0.15) is 26.7 Å². The molecule has 0 aromatic heterocycles. The fourth-order valence-electron chi connectivity index (χ4n) is 1.40. The van der Waals surface area contributed by atoms with E-state index in [1.165, 1.54) is 12.1 Å². The number of anilines is 1. The summed E-state index contributed by atoms with van der Waals surface area (Å²) in [4.78, 5) is 21.5. The minimum absolute atomic E-state index is 0.189. The summed E-state index contributed by atoms with van der Waals surface area (Å²) in [6.45, 7) is 3.94. The van der Waals surface area contributed by atoms with Crippen LogP contribution in [0.3, 0.4) is 0 Å². The van der Waals surface area contributed by atoms with E-state index in [0.717, 1.165) is 12.5 Å². The molecule has 1 aromatic rings. The van der Waals surface area contributed by atoms with Crippen LogP contribution in [0.25, 0.3) is 0 Å². The molecule has 0 aliphatic carbocycles. The summed E-state index contributed by atoms with van der Waals surface area (Å²) in [5.41, 5.74) is -0.0265. The number of hydrogen-bond acceptors (Lipinski definition) is 4. The number of hydrogen-bond donors (Lipinski definition) is 2. The average molecular weight is 252 g/mol. The van der Waals surface area contributed by atoms with E-state index < -0.39 is 4.92 Å². The lowest BCUT2D eigenvalue weighted by atomic mass is 10.1. The topological polar surface area (TPSA) is 92.5 Å². The molecule has 0 aliphatic heterocycles. The van der Waals surface area contributed by atoms with Gasteiger partial charge in [0.05, 0.1) is 16.7 Å². The van der Waals surface area contributed by atoms with Gasteiger partial charge in [-0.1, -0.05) is 20.3 Å². The molecule has 98 valence electrons. The smallest absolute Gasteiger partial charge is 0.273 e. The van der Waals surface area contributed by atoms with Crippen LogP contribution in [0.4, 0.5) is 11.4 Å². The van der Waals surface area contributed by atoms with E-state index >= 15 is 0 Å². The molecule has 1 amide bonds. The van der Waals surface area contributed by atoms with Crippen LogP contribution in [0.2, 0.25) is 0 Å². The average Bonchev–Trinajstić information content (AvgIpc) is 2.31. The van der Waals surface area contributed by atoms with Crippen LogP contribution in [0.5, 0.6) is 5.75 Å². The van der Waals surface area contributed by atoms with Gasteiger partial charge >= 0.3 is 0 Å². The summed E-state index contributed by atoms with van der Waals surface area (Å²) < 4.78 is 0. The largest absolute Gasteiger partial charge is 0.506 e. The van der Waals surface area contributed by atoms with Crippen LogP contribution >= 0.6 is 0 Å². The van der Waals surface area contributed by atoms with Crippen LogP contribution in [0, 0.1) is 16.0 Å². The molecule has 0 bridgehead atoms. The fraction of sp³-hybridized carbons (Fsp3) is 0.417. The Balaban J connectivity index is 2.74. The molecule has 1 aromatic carbocycles. The molecule has 6 nitrogen and oxygen atoms in total. The second kappa shape index (κ2) is 6.00. The summed E-state index contributed by atoms with van der Waals surface area (Å²) >= 11 is 0. The highest BCUT2D eigenvalue weighted by atomic mass is 16.6. The van der Waals surface area contributed by atoms with E-state index in [1.807, 2.05) is 13.8 Å². The molecule has 0 fully saturated rings. The highest BCUT2D eigenvalue weighted by Crippen LogP contribution is 2.28. The summed E-state index contributed by atoms with van der Waals surface area (Å²) in [6.07, 6.45) is 1.24. The Kier molecular flexibility index (Phi) is 4.65. The first-order valence-corrected chi connectivity index (χ1v) is 5.71. The Labute approximate surface area is 105 Å². The van der Waals surface area contributed by atoms with Gasteiger partial charge in [-0.25, -0.2) is 0 Å². The molecular formula is C12H16N2O4. The van der Waals surface area contributed by atoms with Gasteiger partial charge < -0.3 is 10.4 Å². The fourth-order valence-corrected chi connectivity index (χ4v) is 1.40. The standard InChI is InChI=1S/C12H16N2O4/c1-3-8(2)6-12(16)13-10-5-4-9(14(17)18)7-11(10)15/h4-5,7-8,15H,3,6H2,1-2H3,(H,13,16). The number of nitro benzene ring substituents is 1. The molecule has 1 unspecified atom stereocenters. The van der Waals surface area contributed by atoms with Crippen LogP contribution in [0.15, 0.2) is 18.2 Å². The predicted octanol–water partition coefficient (Wildman–Crippen LogP) is 2.68. The molecular weight excluding hydrogens is 236 g/mol. The van der Waals surface area contributed by atoms with Crippen molar-refractivity contribution in [3.05, 3.63) is 28.3 Å². The quantitative estimate of drug-likeness (QED) is 0.478. The Hall–Kier alpha value is -2.11. The van der Waals surface area contributed by atoms with Gasteiger partial charge in [0, 0.05) is 12.5 Å². The van der Waals surface area contributed by atoms with E-state index in [9.17, 15) is 20.0 Å². The van der Waals surface area contributed by atoms with E-state index in [0.29, 0.717) is 6.42 Å². The third-order valence-corrected chi connectivity index (χ3v) is 2.70. The monoisotopic (exact) mass is 252 g/mol. The van der Waals surface area contributed by atoms with Crippen molar-refractivity contribution in [3.8, 4) is 5.75 Å². The number of nitro groups is 1. The number of rotatable bonds is 5. The lowest BCUT2D eigenvalue weighted by Crippen LogP contribution is -2.14. The first-order valence-electron chi connectivity index (χ1n) is 5.71. The SMILES string of the molecule is CCC(C)CC(=O)Nc1ccc([N+](=O)[O-])cc1O. The molecule has 0 saturated carbocycles. The molecule has 0 spiro atoms. The van der Waals surface area contributed by atoms with Crippen molar-refractivity contribution in [1.29, 1.82) is 0 Å². The number of non-ortho nitro benzene ring substituents is 1. The first kappa shape index (κ1) is 14.0. The summed E-state index contributed by atoms with van der Waals surface area (Å²) in [5, 5.41) is 22.6. The second-order valence-corrected chi connectivity index (χ2v) is 4.22. The molecule has 18 heavy (non-hydrogen) atoms. The van der Waals surface area contributed by atoms with E-state index in [2.05, 4.69) is 5.32 Å². The minimum atomic E-state index is -0.607. The zero-order chi connectivity index (χ0) is 13.7. The van der Waals surface area contributed by atoms with Crippen molar-refractivity contribution in [3.63, 3.8) is 0 Å². The number of phenols is 1. The summed E-state index contributed by atoms with van der Waals surface area (Å²) in [7, 11) is 0. The number of nitrogens with one attached hydrogen (secondary N) is 1. The van der Waals surface area contributed by atoms with Gasteiger partial charge in [0.15, 0.2) is 0 Å². The van der Waals surface area contributed by atoms with Crippen molar-refractivity contribution in [2.75, 3.05) is 5.32 Å². The van der Waals surface area contributed by atoms with Gasteiger partial charge in [-0.15, -0.1) is 0 Å². The van der Waals surface area contributed by atoms with Crippen molar-refractivity contribution in [2.24, 2.45) is 5.92 Å². The minimum Gasteiger partial charge on any atom is -0.506 e. The molecule has 0 heterocycles. The summed E-state index contributed by atoms with van der Waals surface area (Å²) in [5.74, 6) is -0.264.